The second kappa shape index (κ2) is 6.36. The van der Waals surface area contributed by atoms with Crippen molar-refractivity contribution in [3.8, 4) is 0 Å². The molecule has 2 rings (SSSR count). The summed E-state index contributed by atoms with van der Waals surface area (Å²) >= 11 is 0. The Balaban J connectivity index is 2.11. The fourth-order valence-electron chi connectivity index (χ4n) is 2.01. The van der Waals surface area contributed by atoms with Crippen LogP contribution in [0, 0.1) is 6.92 Å². The average Bonchev–Trinajstić information content (AvgIpc) is 2.43. The van der Waals surface area contributed by atoms with Crippen molar-refractivity contribution in [2.75, 3.05) is 11.9 Å². The van der Waals surface area contributed by atoms with Gasteiger partial charge in [-0.2, -0.15) is 0 Å². The molecule has 0 spiro atoms. The molecule has 3 nitrogen and oxygen atoms in total. The van der Waals surface area contributed by atoms with Crippen molar-refractivity contribution in [2.45, 2.75) is 19.1 Å². The van der Waals surface area contributed by atoms with Gasteiger partial charge in [0.05, 0.1) is 12.5 Å². The summed E-state index contributed by atoms with van der Waals surface area (Å²) in [6.07, 6.45) is -0.824. The lowest BCUT2D eigenvalue weighted by molar-refractivity contribution is 0.128. The zero-order valence-electron chi connectivity index (χ0n) is 11.0. The average molecular weight is 257 g/mol. The molecule has 0 amide bonds. The molecular formula is C16H19NO2. The Hall–Kier alpha value is -1.84. The number of aryl methyl sites for hydroxylation is 1. The van der Waals surface area contributed by atoms with Crippen molar-refractivity contribution in [3.63, 3.8) is 0 Å². The normalized spacial score (nSPS) is 13.8. The molecule has 0 saturated carbocycles. The van der Waals surface area contributed by atoms with Crippen LogP contribution in [0.25, 0.3) is 0 Å². The van der Waals surface area contributed by atoms with E-state index in [1.807, 2.05) is 61.5 Å². The molecule has 0 bridgehead atoms. The molecule has 0 aromatic heterocycles. The molecule has 3 N–H and O–H groups in total. The molecule has 2 unspecified atom stereocenters. The summed E-state index contributed by atoms with van der Waals surface area (Å²) in [4.78, 5) is 0. The van der Waals surface area contributed by atoms with Gasteiger partial charge in [0.2, 0.25) is 0 Å². The highest BCUT2D eigenvalue weighted by Gasteiger charge is 2.20. The predicted molar refractivity (Wildman–Crippen MR) is 77.1 cm³/mol. The molecule has 0 aliphatic rings. The largest absolute Gasteiger partial charge is 0.396 e. The molecule has 0 saturated heterocycles. The van der Waals surface area contributed by atoms with Gasteiger partial charge in [-0.15, -0.1) is 0 Å². The maximum atomic E-state index is 10.2. The number of hydrogen-bond acceptors (Lipinski definition) is 3. The summed E-state index contributed by atoms with van der Waals surface area (Å²) < 4.78 is 0. The summed E-state index contributed by atoms with van der Waals surface area (Å²) in [5.74, 6) is -0.346. The first kappa shape index (κ1) is 13.6. The van der Waals surface area contributed by atoms with Crippen LogP contribution in [-0.2, 0) is 0 Å². The molecule has 0 heterocycles. The van der Waals surface area contributed by atoms with E-state index in [1.165, 1.54) is 0 Å². The van der Waals surface area contributed by atoms with E-state index >= 15 is 0 Å². The van der Waals surface area contributed by atoms with Crippen molar-refractivity contribution in [1.29, 1.82) is 0 Å². The molecule has 100 valence electrons. The molecule has 0 radical (unpaired) electrons. The number of nitrogens with one attached hydrogen (secondary N) is 1. The Morgan fingerprint density at radius 1 is 1.00 bits per heavy atom. The highest BCUT2D eigenvalue weighted by atomic mass is 16.3. The zero-order chi connectivity index (χ0) is 13.7. The molecule has 0 aliphatic carbocycles. The van der Waals surface area contributed by atoms with Gasteiger partial charge in [-0.1, -0.05) is 48.0 Å². The van der Waals surface area contributed by atoms with Crippen LogP contribution in [0.3, 0.4) is 0 Å². The van der Waals surface area contributed by atoms with Crippen LogP contribution in [-0.4, -0.2) is 23.0 Å². The fraction of sp³-hybridized carbons (Fsp3) is 0.250. The third kappa shape index (κ3) is 3.56. The lowest BCUT2D eigenvalue weighted by Crippen LogP contribution is -2.29. The third-order valence-corrected chi connectivity index (χ3v) is 3.17. The van der Waals surface area contributed by atoms with E-state index in [4.69, 9.17) is 0 Å². The number of anilines is 1. The van der Waals surface area contributed by atoms with Crippen LogP contribution in [0.2, 0.25) is 0 Å². The van der Waals surface area contributed by atoms with Gasteiger partial charge < -0.3 is 15.5 Å². The van der Waals surface area contributed by atoms with Crippen LogP contribution in [0.1, 0.15) is 17.0 Å². The van der Waals surface area contributed by atoms with Crippen LogP contribution in [0.15, 0.2) is 54.6 Å². The van der Waals surface area contributed by atoms with E-state index in [1.54, 1.807) is 0 Å². The van der Waals surface area contributed by atoms with Crippen LogP contribution >= 0.6 is 0 Å². The second-order valence-electron chi connectivity index (χ2n) is 4.65. The summed E-state index contributed by atoms with van der Waals surface area (Å²) in [5, 5.41) is 22.7. The smallest absolute Gasteiger partial charge is 0.133 e. The fourth-order valence-corrected chi connectivity index (χ4v) is 2.01. The van der Waals surface area contributed by atoms with Crippen molar-refractivity contribution in [3.05, 3.63) is 65.7 Å². The first-order valence-electron chi connectivity index (χ1n) is 6.38. The van der Waals surface area contributed by atoms with Gasteiger partial charge >= 0.3 is 0 Å². The lowest BCUT2D eigenvalue weighted by atomic mass is 9.97. The van der Waals surface area contributed by atoms with Gasteiger partial charge in [0.25, 0.3) is 0 Å². The highest BCUT2D eigenvalue weighted by molar-refractivity contribution is 5.43. The quantitative estimate of drug-likeness (QED) is 0.721. The number of aliphatic hydroxyl groups is 2. The number of rotatable bonds is 5. The maximum absolute atomic E-state index is 10.2. The summed E-state index contributed by atoms with van der Waals surface area (Å²) in [6, 6.07) is 17.3. The van der Waals surface area contributed by atoms with Gasteiger partial charge in [-0.05, 0) is 24.6 Å². The molecular weight excluding hydrogens is 238 g/mol. The van der Waals surface area contributed by atoms with Crippen molar-refractivity contribution >= 4 is 5.69 Å². The molecule has 2 aromatic rings. The molecule has 3 heteroatoms. The number of aliphatic hydroxyl groups excluding tert-OH is 2. The van der Waals surface area contributed by atoms with Crippen molar-refractivity contribution in [1.82, 2.24) is 0 Å². The van der Waals surface area contributed by atoms with E-state index in [0.717, 1.165) is 16.8 Å². The van der Waals surface area contributed by atoms with Crippen molar-refractivity contribution < 1.29 is 10.2 Å². The standard InChI is InChI=1S/C16H19NO2/c1-12-7-9-13(10-8-12)15(11-18)16(19)17-14-5-3-2-4-6-14/h2-10,15-19H,11H2,1H3. The van der Waals surface area contributed by atoms with Gasteiger partial charge in [-0.25, -0.2) is 0 Å². The van der Waals surface area contributed by atoms with Gasteiger partial charge in [0, 0.05) is 5.69 Å². The Morgan fingerprint density at radius 3 is 2.21 bits per heavy atom. The second-order valence-corrected chi connectivity index (χ2v) is 4.65. The third-order valence-electron chi connectivity index (χ3n) is 3.17. The molecule has 19 heavy (non-hydrogen) atoms. The van der Waals surface area contributed by atoms with E-state index in [2.05, 4.69) is 5.32 Å². The Bertz CT molecular complexity index is 496. The summed E-state index contributed by atoms with van der Waals surface area (Å²) in [5.41, 5.74) is 2.91. The number of para-hydroxylation sites is 1. The van der Waals surface area contributed by atoms with Crippen LogP contribution in [0.5, 0.6) is 0 Å². The van der Waals surface area contributed by atoms with Crippen LogP contribution in [0.4, 0.5) is 5.69 Å². The maximum Gasteiger partial charge on any atom is 0.133 e. The predicted octanol–water partition coefficient (Wildman–Crippen LogP) is 2.50. The van der Waals surface area contributed by atoms with Gasteiger partial charge in [0.1, 0.15) is 6.23 Å². The Morgan fingerprint density at radius 2 is 1.63 bits per heavy atom. The SMILES string of the molecule is Cc1ccc(C(CO)C(O)Nc2ccccc2)cc1. The lowest BCUT2D eigenvalue weighted by Gasteiger charge is -2.23. The van der Waals surface area contributed by atoms with Crippen LogP contribution < -0.4 is 5.32 Å². The number of hydrogen-bond donors (Lipinski definition) is 3. The first-order chi connectivity index (χ1) is 9.20. The van der Waals surface area contributed by atoms with Gasteiger partial charge in [0.15, 0.2) is 0 Å². The molecule has 2 atom stereocenters. The molecule has 0 fully saturated rings. The zero-order valence-corrected chi connectivity index (χ0v) is 11.0. The minimum Gasteiger partial charge on any atom is -0.396 e. The van der Waals surface area contributed by atoms with E-state index in [-0.39, 0.29) is 12.5 Å². The summed E-state index contributed by atoms with van der Waals surface area (Å²) in [7, 11) is 0. The minimum atomic E-state index is -0.824. The molecule has 0 aliphatic heterocycles. The van der Waals surface area contributed by atoms with E-state index in [9.17, 15) is 10.2 Å². The molecule has 2 aromatic carbocycles. The monoisotopic (exact) mass is 257 g/mol. The van der Waals surface area contributed by atoms with Gasteiger partial charge in [-0.3, -0.25) is 0 Å². The Kier molecular flexibility index (Phi) is 4.55. The first-order valence-corrected chi connectivity index (χ1v) is 6.38. The highest BCUT2D eigenvalue weighted by Crippen LogP contribution is 2.21. The van der Waals surface area contributed by atoms with Crippen molar-refractivity contribution in [2.24, 2.45) is 0 Å². The topological polar surface area (TPSA) is 52.5 Å². The summed E-state index contributed by atoms with van der Waals surface area (Å²) in [6.45, 7) is 1.90. The Labute approximate surface area is 113 Å². The van der Waals surface area contributed by atoms with E-state index in [0.29, 0.717) is 0 Å². The van der Waals surface area contributed by atoms with E-state index < -0.39 is 6.23 Å². The number of benzene rings is 2. The minimum absolute atomic E-state index is 0.107.